The number of nitrogens with zero attached hydrogens (tertiary/aromatic N) is 2. The number of rotatable bonds is 5. The monoisotopic (exact) mass is 361 g/mol. The fourth-order valence-electron chi connectivity index (χ4n) is 1.52. The molecule has 0 bridgehead atoms. The second-order valence-electron chi connectivity index (χ2n) is 4.18. The quantitative estimate of drug-likeness (QED) is 0.822. The third-order valence-corrected chi connectivity index (χ3v) is 5.27. The van der Waals surface area contributed by atoms with Gasteiger partial charge >= 0.3 is 12.0 Å². The molecule has 10 heteroatoms. The first-order valence-corrected chi connectivity index (χ1v) is 8.79. The molecule has 0 fully saturated rings. The van der Waals surface area contributed by atoms with Crippen LogP contribution in [0.3, 0.4) is 0 Å². The van der Waals surface area contributed by atoms with E-state index in [2.05, 4.69) is 14.1 Å². The minimum absolute atomic E-state index is 0.00159. The molecule has 0 aliphatic rings. The van der Waals surface area contributed by atoms with Gasteiger partial charge in [-0.15, -0.1) is 4.37 Å². The number of anilines is 1. The number of esters is 1. The van der Waals surface area contributed by atoms with Crippen LogP contribution in [0.15, 0.2) is 23.1 Å². The number of benzene rings is 1. The Labute approximate surface area is 136 Å². The lowest BCUT2D eigenvalue weighted by Gasteiger charge is -2.08. The average molecular weight is 362 g/mol. The predicted octanol–water partition coefficient (Wildman–Crippen LogP) is 2.62. The molecule has 1 heterocycles. The van der Waals surface area contributed by atoms with Crippen molar-refractivity contribution >= 4 is 44.3 Å². The molecule has 0 unspecified atom stereocenters. The normalized spacial score (nSPS) is 11.2. The number of ether oxygens (including phenoxy) is 1. The van der Waals surface area contributed by atoms with E-state index in [0.717, 1.165) is 11.5 Å². The summed E-state index contributed by atoms with van der Waals surface area (Å²) in [6.45, 7) is 3.23. The zero-order valence-corrected chi connectivity index (χ0v) is 14.0. The van der Waals surface area contributed by atoms with Crippen LogP contribution in [0.25, 0.3) is 0 Å². The van der Waals surface area contributed by atoms with E-state index in [-0.39, 0.29) is 22.5 Å². The first-order valence-electron chi connectivity index (χ1n) is 6.16. The summed E-state index contributed by atoms with van der Waals surface area (Å²) in [6.07, 6.45) is 0.169. The summed E-state index contributed by atoms with van der Waals surface area (Å²) in [7, 11) is -3.85. The van der Waals surface area contributed by atoms with Crippen molar-refractivity contribution in [1.82, 2.24) is 9.36 Å². The summed E-state index contributed by atoms with van der Waals surface area (Å²) in [6, 6.07) is 4.39. The van der Waals surface area contributed by atoms with E-state index in [1.165, 1.54) is 6.07 Å². The highest BCUT2D eigenvalue weighted by molar-refractivity contribution is 7.93. The van der Waals surface area contributed by atoms with E-state index in [4.69, 9.17) is 16.3 Å². The molecule has 22 heavy (non-hydrogen) atoms. The molecule has 0 saturated heterocycles. The standard InChI is InChI=1S/C12H12ClN3O4S2/c1-3-10(17)20-11-14-12(21-15-11)16-22(18,19)9-6-4-5-8(13)7(9)2/h4-6H,3H2,1-2H3,(H,14,15,16). The second-order valence-corrected chi connectivity index (χ2v) is 6.99. The van der Waals surface area contributed by atoms with Crippen LogP contribution in [-0.2, 0) is 14.8 Å². The van der Waals surface area contributed by atoms with Crippen LogP contribution in [-0.4, -0.2) is 23.7 Å². The van der Waals surface area contributed by atoms with Crippen molar-refractivity contribution in [1.29, 1.82) is 0 Å². The molecule has 0 aliphatic heterocycles. The highest BCUT2D eigenvalue weighted by atomic mass is 35.5. The molecule has 0 radical (unpaired) electrons. The van der Waals surface area contributed by atoms with Crippen molar-refractivity contribution < 1.29 is 17.9 Å². The van der Waals surface area contributed by atoms with E-state index in [9.17, 15) is 13.2 Å². The molecule has 0 saturated carbocycles. The van der Waals surface area contributed by atoms with E-state index >= 15 is 0 Å². The number of hydrogen-bond donors (Lipinski definition) is 1. The zero-order chi connectivity index (χ0) is 16.3. The van der Waals surface area contributed by atoms with Gasteiger partial charge in [0, 0.05) is 23.0 Å². The topological polar surface area (TPSA) is 98.2 Å². The van der Waals surface area contributed by atoms with Gasteiger partial charge in [-0.1, -0.05) is 24.6 Å². The van der Waals surface area contributed by atoms with E-state index in [0.29, 0.717) is 10.6 Å². The first kappa shape index (κ1) is 16.7. The zero-order valence-electron chi connectivity index (χ0n) is 11.7. The molecule has 0 amide bonds. The SMILES string of the molecule is CCC(=O)Oc1nsc(NS(=O)(=O)c2cccc(Cl)c2C)n1. The van der Waals surface area contributed by atoms with Crippen molar-refractivity contribution in [2.75, 3.05) is 4.72 Å². The van der Waals surface area contributed by atoms with Crippen LogP contribution < -0.4 is 9.46 Å². The van der Waals surface area contributed by atoms with Crippen LogP contribution in [0.5, 0.6) is 6.01 Å². The fraction of sp³-hybridized carbons (Fsp3) is 0.250. The molecular formula is C12H12ClN3O4S2. The number of carbonyl (C=O) groups excluding carboxylic acids is 1. The van der Waals surface area contributed by atoms with Gasteiger partial charge in [0.05, 0.1) is 4.90 Å². The fourth-order valence-corrected chi connectivity index (χ4v) is 3.74. The second kappa shape index (κ2) is 6.59. The van der Waals surface area contributed by atoms with Gasteiger partial charge in [-0.05, 0) is 24.6 Å². The Kier molecular flexibility index (Phi) is 4.99. The highest BCUT2D eigenvalue weighted by Crippen LogP contribution is 2.26. The minimum atomic E-state index is -3.85. The van der Waals surface area contributed by atoms with Gasteiger partial charge in [-0.3, -0.25) is 9.52 Å². The van der Waals surface area contributed by atoms with Gasteiger partial charge in [-0.2, -0.15) is 4.98 Å². The summed E-state index contributed by atoms with van der Waals surface area (Å²) >= 11 is 6.70. The van der Waals surface area contributed by atoms with Gasteiger partial charge in [0.2, 0.25) is 5.13 Å². The van der Waals surface area contributed by atoms with Crippen LogP contribution in [0.1, 0.15) is 18.9 Å². The van der Waals surface area contributed by atoms with Gasteiger partial charge in [-0.25, -0.2) is 8.42 Å². The highest BCUT2D eigenvalue weighted by Gasteiger charge is 2.20. The Bertz CT molecular complexity index is 804. The van der Waals surface area contributed by atoms with Crippen molar-refractivity contribution in [3.05, 3.63) is 28.8 Å². The Morgan fingerprint density at radius 2 is 2.18 bits per heavy atom. The van der Waals surface area contributed by atoms with E-state index in [1.807, 2.05) is 0 Å². The molecule has 7 nitrogen and oxygen atoms in total. The van der Waals surface area contributed by atoms with Crippen molar-refractivity contribution in [3.8, 4) is 6.01 Å². The maximum atomic E-state index is 12.3. The van der Waals surface area contributed by atoms with Gasteiger partial charge < -0.3 is 4.74 Å². The maximum Gasteiger partial charge on any atom is 0.338 e. The van der Waals surface area contributed by atoms with Crippen molar-refractivity contribution in [3.63, 3.8) is 0 Å². The smallest absolute Gasteiger partial charge is 0.338 e. The number of carbonyl (C=O) groups is 1. The summed E-state index contributed by atoms with van der Waals surface area (Å²) < 4.78 is 35.5. The third kappa shape index (κ3) is 3.73. The number of aromatic nitrogens is 2. The molecule has 0 aliphatic carbocycles. The van der Waals surface area contributed by atoms with Crippen LogP contribution in [0.2, 0.25) is 5.02 Å². The number of halogens is 1. The summed E-state index contributed by atoms with van der Waals surface area (Å²) in [5, 5.41) is 0.344. The third-order valence-electron chi connectivity index (χ3n) is 2.63. The van der Waals surface area contributed by atoms with Crippen molar-refractivity contribution in [2.45, 2.75) is 25.2 Å². The molecule has 1 aromatic carbocycles. The van der Waals surface area contributed by atoms with Crippen molar-refractivity contribution in [2.24, 2.45) is 0 Å². The molecule has 1 aromatic heterocycles. The number of hydrogen-bond acceptors (Lipinski definition) is 7. The Morgan fingerprint density at radius 3 is 2.86 bits per heavy atom. The lowest BCUT2D eigenvalue weighted by molar-refractivity contribution is -0.134. The number of nitrogens with one attached hydrogen (secondary N) is 1. The first-order chi connectivity index (χ1) is 10.3. The van der Waals surface area contributed by atoms with Crippen LogP contribution in [0.4, 0.5) is 5.13 Å². The molecular weight excluding hydrogens is 350 g/mol. The Morgan fingerprint density at radius 1 is 1.45 bits per heavy atom. The van der Waals surface area contributed by atoms with Gasteiger partial charge in [0.15, 0.2) is 0 Å². The molecule has 1 N–H and O–H groups in total. The molecule has 118 valence electrons. The van der Waals surface area contributed by atoms with Gasteiger partial charge in [0.1, 0.15) is 0 Å². The largest absolute Gasteiger partial charge is 0.390 e. The summed E-state index contributed by atoms with van der Waals surface area (Å²) in [5.74, 6) is -0.502. The molecule has 0 spiro atoms. The lowest BCUT2D eigenvalue weighted by Crippen LogP contribution is -2.14. The van der Waals surface area contributed by atoms with E-state index in [1.54, 1.807) is 26.0 Å². The summed E-state index contributed by atoms with van der Waals surface area (Å²) in [4.78, 5) is 15.0. The lowest BCUT2D eigenvalue weighted by atomic mass is 10.2. The summed E-state index contributed by atoms with van der Waals surface area (Å²) in [5.41, 5.74) is 0.429. The van der Waals surface area contributed by atoms with Gasteiger partial charge in [0.25, 0.3) is 10.0 Å². The Hall–Kier alpha value is -1.71. The number of sulfonamides is 1. The van der Waals surface area contributed by atoms with Crippen LogP contribution >= 0.6 is 23.1 Å². The minimum Gasteiger partial charge on any atom is -0.390 e. The van der Waals surface area contributed by atoms with Crippen LogP contribution in [0, 0.1) is 6.92 Å². The molecule has 2 aromatic rings. The predicted molar refractivity (Wildman–Crippen MR) is 82.8 cm³/mol. The average Bonchev–Trinajstić information content (AvgIpc) is 2.87. The molecule has 0 atom stereocenters. The van der Waals surface area contributed by atoms with E-state index < -0.39 is 16.0 Å². The Balaban J connectivity index is 2.22. The maximum absolute atomic E-state index is 12.3. The molecule has 2 rings (SSSR count).